The van der Waals surface area contributed by atoms with E-state index in [1.54, 1.807) is 29.2 Å². The third kappa shape index (κ3) is 6.84. The highest BCUT2D eigenvalue weighted by molar-refractivity contribution is 6.06. The highest BCUT2D eigenvalue weighted by Crippen LogP contribution is 2.19. The van der Waals surface area contributed by atoms with Gasteiger partial charge in [0, 0.05) is 29.2 Å². The number of para-hydroxylation sites is 1. The molecule has 0 saturated heterocycles. The predicted octanol–water partition coefficient (Wildman–Crippen LogP) is 5.58. The van der Waals surface area contributed by atoms with Crippen molar-refractivity contribution in [2.45, 2.75) is 33.3 Å². The monoisotopic (exact) mass is 445 g/mol. The summed E-state index contributed by atoms with van der Waals surface area (Å²) in [6.07, 6.45) is 1.09. The minimum absolute atomic E-state index is 0.0613. The Morgan fingerprint density at radius 2 is 1.52 bits per heavy atom. The van der Waals surface area contributed by atoms with Crippen molar-refractivity contribution in [2.75, 3.05) is 28.6 Å². The minimum Gasteiger partial charge on any atom is -0.491 e. The summed E-state index contributed by atoms with van der Waals surface area (Å²) in [5, 5.41) is 5.95. The smallest absolute Gasteiger partial charge is 0.258 e. The second-order valence-electron chi connectivity index (χ2n) is 7.73. The lowest BCUT2D eigenvalue weighted by molar-refractivity contribution is -0.114. The third-order valence-corrected chi connectivity index (χ3v) is 5.26. The summed E-state index contributed by atoms with van der Waals surface area (Å²) >= 11 is 0. The topological polar surface area (TPSA) is 70.7 Å². The van der Waals surface area contributed by atoms with E-state index in [4.69, 9.17) is 4.74 Å². The van der Waals surface area contributed by atoms with Crippen LogP contribution in [-0.4, -0.2) is 31.0 Å². The average Bonchev–Trinajstić information content (AvgIpc) is 2.85. The van der Waals surface area contributed by atoms with Gasteiger partial charge in [0.05, 0.1) is 12.6 Å². The standard InChI is InChI=1S/C27H31N3O3/c1-4-20(3)33-25-17-15-23(16-18-25)29-26(31)19-28-22-13-11-21(12-14-22)27(32)30(5-2)24-9-7-6-8-10-24/h6-18,20,28H,4-5,19H2,1-3H3,(H,29,31). The van der Waals surface area contributed by atoms with E-state index in [2.05, 4.69) is 17.6 Å². The summed E-state index contributed by atoms with van der Waals surface area (Å²) < 4.78 is 5.75. The van der Waals surface area contributed by atoms with Crippen LogP contribution in [0.2, 0.25) is 0 Å². The molecule has 0 saturated carbocycles. The zero-order chi connectivity index (χ0) is 23.6. The zero-order valence-corrected chi connectivity index (χ0v) is 19.4. The van der Waals surface area contributed by atoms with Gasteiger partial charge >= 0.3 is 0 Å². The number of anilines is 3. The van der Waals surface area contributed by atoms with Gasteiger partial charge in [0.25, 0.3) is 5.91 Å². The van der Waals surface area contributed by atoms with Crippen LogP contribution in [0.3, 0.4) is 0 Å². The molecule has 0 heterocycles. The molecule has 0 spiro atoms. The van der Waals surface area contributed by atoms with Gasteiger partial charge in [0.15, 0.2) is 0 Å². The number of ether oxygens (including phenoxy) is 1. The van der Waals surface area contributed by atoms with E-state index >= 15 is 0 Å². The van der Waals surface area contributed by atoms with Crippen LogP contribution in [0.25, 0.3) is 0 Å². The molecule has 0 aliphatic rings. The summed E-state index contributed by atoms with van der Waals surface area (Å²) in [4.78, 5) is 26.9. The van der Waals surface area contributed by atoms with Crippen molar-refractivity contribution in [1.82, 2.24) is 0 Å². The molecule has 0 aliphatic carbocycles. The van der Waals surface area contributed by atoms with E-state index in [0.29, 0.717) is 17.8 Å². The molecule has 0 fully saturated rings. The Balaban J connectivity index is 1.51. The zero-order valence-electron chi connectivity index (χ0n) is 19.4. The molecule has 0 aliphatic heterocycles. The van der Waals surface area contributed by atoms with E-state index < -0.39 is 0 Å². The molecule has 3 aromatic carbocycles. The van der Waals surface area contributed by atoms with Gasteiger partial charge in [-0.05, 0) is 80.9 Å². The fourth-order valence-electron chi connectivity index (χ4n) is 3.26. The van der Waals surface area contributed by atoms with Crippen LogP contribution in [0.15, 0.2) is 78.9 Å². The van der Waals surface area contributed by atoms with Gasteiger partial charge < -0.3 is 20.3 Å². The molecular formula is C27H31N3O3. The highest BCUT2D eigenvalue weighted by Gasteiger charge is 2.15. The van der Waals surface area contributed by atoms with Crippen LogP contribution in [0.4, 0.5) is 17.1 Å². The second-order valence-corrected chi connectivity index (χ2v) is 7.73. The lowest BCUT2D eigenvalue weighted by atomic mass is 10.1. The molecule has 6 heteroatoms. The number of hydrogen-bond donors (Lipinski definition) is 2. The molecule has 2 amide bonds. The van der Waals surface area contributed by atoms with Crippen molar-refractivity contribution in [3.8, 4) is 5.75 Å². The predicted molar refractivity (Wildman–Crippen MR) is 134 cm³/mol. The molecule has 1 atom stereocenters. The van der Waals surface area contributed by atoms with Gasteiger partial charge in [0.2, 0.25) is 5.91 Å². The molecule has 0 bridgehead atoms. The SMILES string of the molecule is CCC(C)Oc1ccc(NC(=O)CNc2ccc(C(=O)N(CC)c3ccccc3)cc2)cc1. The molecule has 0 aromatic heterocycles. The van der Waals surface area contributed by atoms with Crippen LogP contribution in [0.5, 0.6) is 5.75 Å². The molecule has 2 N–H and O–H groups in total. The van der Waals surface area contributed by atoms with Gasteiger partial charge in [-0.3, -0.25) is 9.59 Å². The van der Waals surface area contributed by atoms with Crippen LogP contribution in [0, 0.1) is 0 Å². The number of hydrogen-bond acceptors (Lipinski definition) is 4. The molecule has 6 nitrogen and oxygen atoms in total. The second kappa shape index (κ2) is 11.7. The molecule has 172 valence electrons. The van der Waals surface area contributed by atoms with Crippen LogP contribution >= 0.6 is 0 Å². The van der Waals surface area contributed by atoms with Crippen LogP contribution in [0.1, 0.15) is 37.6 Å². The van der Waals surface area contributed by atoms with Gasteiger partial charge in [-0.1, -0.05) is 25.1 Å². The Morgan fingerprint density at radius 1 is 0.879 bits per heavy atom. The highest BCUT2D eigenvalue weighted by atomic mass is 16.5. The van der Waals surface area contributed by atoms with E-state index in [1.807, 2.05) is 68.4 Å². The third-order valence-electron chi connectivity index (χ3n) is 5.26. The minimum atomic E-state index is -0.160. The van der Waals surface area contributed by atoms with Crippen molar-refractivity contribution in [2.24, 2.45) is 0 Å². The number of nitrogens with one attached hydrogen (secondary N) is 2. The largest absolute Gasteiger partial charge is 0.491 e. The van der Waals surface area contributed by atoms with Gasteiger partial charge in [-0.25, -0.2) is 0 Å². The Morgan fingerprint density at radius 3 is 2.12 bits per heavy atom. The van der Waals surface area contributed by atoms with Crippen LogP contribution in [-0.2, 0) is 4.79 Å². The maximum atomic E-state index is 12.9. The normalized spacial score (nSPS) is 11.4. The molecule has 1 unspecified atom stereocenters. The Labute approximate surface area is 195 Å². The maximum absolute atomic E-state index is 12.9. The van der Waals surface area contributed by atoms with E-state index in [9.17, 15) is 9.59 Å². The van der Waals surface area contributed by atoms with Crippen molar-refractivity contribution < 1.29 is 14.3 Å². The summed E-state index contributed by atoms with van der Waals surface area (Å²) in [5.74, 6) is 0.560. The number of benzene rings is 3. The first-order valence-corrected chi connectivity index (χ1v) is 11.3. The number of amides is 2. The molecular weight excluding hydrogens is 414 g/mol. The van der Waals surface area contributed by atoms with Gasteiger partial charge in [-0.2, -0.15) is 0 Å². The summed E-state index contributed by atoms with van der Waals surface area (Å²) in [6.45, 7) is 6.73. The Bertz CT molecular complexity index is 1030. The Kier molecular flexibility index (Phi) is 8.47. The average molecular weight is 446 g/mol. The summed E-state index contributed by atoms with van der Waals surface area (Å²) in [5.41, 5.74) is 2.93. The number of rotatable bonds is 10. The first kappa shape index (κ1) is 23.9. The summed E-state index contributed by atoms with van der Waals surface area (Å²) in [7, 11) is 0. The van der Waals surface area contributed by atoms with Crippen LogP contribution < -0.4 is 20.3 Å². The first-order valence-electron chi connectivity index (χ1n) is 11.3. The lowest BCUT2D eigenvalue weighted by Gasteiger charge is -2.21. The fourth-order valence-corrected chi connectivity index (χ4v) is 3.26. The van der Waals surface area contributed by atoms with Crippen molar-refractivity contribution in [3.63, 3.8) is 0 Å². The molecule has 3 aromatic rings. The Hall–Kier alpha value is -3.80. The number of nitrogens with zero attached hydrogens (tertiary/aromatic N) is 1. The van der Waals surface area contributed by atoms with E-state index in [0.717, 1.165) is 23.5 Å². The van der Waals surface area contributed by atoms with Crippen molar-refractivity contribution >= 4 is 28.9 Å². The van der Waals surface area contributed by atoms with Crippen molar-refractivity contribution in [3.05, 3.63) is 84.4 Å². The van der Waals surface area contributed by atoms with E-state index in [1.165, 1.54) is 0 Å². The number of carbonyl (C=O) groups is 2. The maximum Gasteiger partial charge on any atom is 0.258 e. The fraction of sp³-hybridized carbons (Fsp3) is 0.259. The number of carbonyl (C=O) groups excluding carboxylic acids is 2. The molecule has 0 radical (unpaired) electrons. The molecule has 3 rings (SSSR count). The first-order chi connectivity index (χ1) is 16.0. The van der Waals surface area contributed by atoms with Gasteiger partial charge in [-0.15, -0.1) is 0 Å². The lowest BCUT2D eigenvalue weighted by Crippen LogP contribution is -2.30. The quantitative estimate of drug-likeness (QED) is 0.427. The van der Waals surface area contributed by atoms with Crippen molar-refractivity contribution in [1.29, 1.82) is 0 Å². The summed E-state index contributed by atoms with van der Waals surface area (Å²) in [6, 6.07) is 24.1. The van der Waals surface area contributed by atoms with Gasteiger partial charge in [0.1, 0.15) is 5.75 Å². The molecule has 33 heavy (non-hydrogen) atoms. The van der Waals surface area contributed by atoms with E-state index in [-0.39, 0.29) is 24.5 Å².